The number of nitrogens with zero attached hydrogens (tertiary/aromatic N) is 2. The van der Waals surface area contributed by atoms with Gasteiger partial charge in [-0.3, -0.25) is 4.79 Å². The number of carbonyl (C=O) groups excluding carboxylic acids is 1. The molecule has 3 aromatic carbocycles. The first-order chi connectivity index (χ1) is 17.4. The van der Waals surface area contributed by atoms with Crippen LogP contribution in [0.1, 0.15) is 18.1 Å². The Morgan fingerprint density at radius 1 is 1.00 bits per heavy atom. The largest absolute Gasteiger partial charge is 0.464 e. The summed E-state index contributed by atoms with van der Waals surface area (Å²) in [5.41, 5.74) is 1.74. The predicted octanol–water partition coefficient (Wildman–Crippen LogP) is 6.05. The van der Waals surface area contributed by atoms with Crippen molar-refractivity contribution in [2.45, 2.75) is 12.5 Å². The third-order valence-electron chi connectivity index (χ3n) is 6.12. The quantitative estimate of drug-likeness (QED) is 0.278. The van der Waals surface area contributed by atoms with Gasteiger partial charge in [0.2, 0.25) is 5.56 Å². The number of aromatic amines is 1. The van der Waals surface area contributed by atoms with Crippen LogP contribution in [0.3, 0.4) is 0 Å². The van der Waals surface area contributed by atoms with Gasteiger partial charge >= 0.3 is 5.97 Å². The topological polar surface area (TPSA) is 77.0 Å². The van der Waals surface area contributed by atoms with E-state index in [1.807, 2.05) is 24.3 Å². The molecule has 0 fully saturated rings. The van der Waals surface area contributed by atoms with E-state index in [0.717, 1.165) is 10.9 Å². The van der Waals surface area contributed by atoms with Gasteiger partial charge in [-0.25, -0.2) is 9.78 Å². The van der Waals surface area contributed by atoms with Crippen LogP contribution in [0.2, 0.25) is 10.0 Å². The van der Waals surface area contributed by atoms with Crippen molar-refractivity contribution in [2.75, 3.05) is 6.61 Å². The van der Waals surface area contributed by atoms with Gasteiger partial charge in [-0.1, -0.05) is 53.5 Å². The van der Waals surface area contributed by atoms with E-state index in [1.165, 1.54) is 6.07 Å². The van der Waals surface area contributed by atoms with Gasteiger partial charge < -0.3 is 14.3 Å². The number of carbonyl (C=O) groups is 1. The second-order valence-electron chi connectivity index (χ2n) is 8.23. The highest BCUT2D eigenvalue weighted by molar-refractivity contribution is 6.31. The first-order valence-electron chi connectivity index (χ1n) is 11.3. The van der Waals surface area contributed by atoms with Gasteiger partial charge in [-0.2, -0.15) is 0 Å². The Bertz CT molecular complexity index is 1610. The molecule has 1 N–H and O–H groups in total. The van der Waals surface area contributed by atoms with Crippen LogP contribution in [-0.2, 0) is 15.1 Å². The van der Waals surface area contributed by atoms with Crippen molar-refractivity contribution in [1.29, 1.82) is 0 Å². The Balaban J connectivity index is 1.86. The van der Waals surface area contributed by atoms with E-state index >= 15 is 0 Å². The average molecular weight is 518 g/mol. The number of pyridine rings is 1. The van der Waals surface area contributed by atoms with E-state index in [0.29, 0.717) is 32.3 Å². The Kier molecular flexibility index (Phi) is 6.39. The monoisotopic (exact) mass is 517 g/mol. The Labute approximate surface area is 217 Å². The standard InChI is InChI=1S/C28H21Cl2N3O3/c1-2-36-27(35)28(33-13-12-31-17-33,19-6-9-21(29)10-7-19)20-8-11-25-24(15-20)23(16-26(34)32-25)18-4-3-5-22(30)14-18/h3-17H,2H2,1H3,(H,32,34). The number of nitrogens with one attached hydrogen (secondary N) is 1. The van der Waals surface area contributed by atoms with Gasteiger partial charge in [0.05, 0.1) is 12.9 Å². The van der Waals surface area contributed by atoms with Crippen LogP contribution in [-0.4, -0.2) is 27.1 Å². The van der Waals surface area contributed by atoms with Crippen molar-refractivity contribution >= 4 is 40.1 Å². The summed E-state index contributed by atoms with van der Waals surface area (Å²) in [4.78, 5) is 33.5. The molecule has 2 heterocycles. The van der Waals surface area contributed by atoms with Crippen LogP contribution in [0.25, 0.3) is 22.0 Å². The summed E-state index contributed by atoms with van der Waals surface area (Å²) in [7, 11) is 0. The fraction of sp³-hybridized carbons (Fsp3) is 0.107. The number of hydrogen-bond donors (Lipinski definition) is 1. The fourth-order valence-electron chi connectivity index (χ4n) is 4.56. The van der Waals surface area contributed by atoms with Crippen LogP contribution >= 0.6 is 23.2 Å². The van der Waals surface area contributed by atoms with Crippen molar-refractivity contribution < 1.29 is 9.53 Å². The third kappa shape index (κ3) is 4.08. The number of rotatable bonds is 6. The highest BCUT2D eigenvalue weighted by atomic mass is 35.5. The number of H-pyrrole nitrogens is 1. The molecule has 0 saturated carbocycles. The molecule has 5 rings (SSSR count). The highest BCUT2D eigenvalue weighted by Gasteiger charge is 2.45. The second-order valence-corrected chi connectivity index (χ2v) is 9.10. The molecule has 180 valence electrons. The minimum atomic E-state index is -1.40. The van der Waals surface area contributed by atoms with E-state index in [4.69, 9.17) is 27.9 Å². The molecule has 0 bridgehead atoms. The number of benzene rings is 3. The molecule has 2 aromatic heterocycles. The zero-order valence-corrected chi connectivity index (χ0v) is 20.8. The van der Waals surface area contributed by atoms with E-state index in [2.05, 4.69) is 9.97 Å². The Morgan fingerprint density at radius 2 is 1.78 bits per heavy atom. The maximum absolute atomic E-state index is 13.9. The molecule has 0 radical (unpaired) electrons. The van der Waals surface area contributed by atoms with E-state index < -0.39 is 11.5 Å². The third-order valence-corrected chi connectivity index (χ3v) is 6.61. The van der Waals surface area contributed by atoms with Crippen LogP contribution in [0.5, 0.6) is 0 Å². The van der Waals surface area contributed by atoms with Crippen LogP contribution in [0.15, 0.2) is 96.3 Å². The predicted molar refractivity (Wildman–Crippen MR) is 142 cm³/mol. The van der Waals surface area contributed by atoms with E-state index in [9.17, 15) is 9.59 Å². The SMILES string of the molecule is CCOC(=O)C(c1ccc(Cl)cc1)(c1ccc2[nH]c(=O)cc(-c3cccc(Cl)c3)c2c1)n1ccnc1. The molecule has 0 aliphatic carbocycles. The molecule has 8 heteroatoms. The lowest BCUT2D eigenvalue weighted by Crippen LogP contribution is -2.45. The lowest BCUT2D eigenvalue weighted by Gasteiger charge is -2.34. The molecular weight excluding hydrogens is 497 g/mol. The molecule has 1 atom stereocenters. The van der Waals surface area contributed by atoms with Gasteiger partial charge in [-0.05, 0) is 65.6 Å². The summed E-state index contributed by atoms with van der Waals surface area (Å²) >= 11 is 12.4. The first-order valence-corrected chi connectivity index (χ1v) is 12.0. The van der Waals surface area contributed by atoms with Crippen molar-refractivity contribution in [1.82, 2.24) is 14.5 Å². The molecule has 1 unspecified atom stereocenters. The van der Waals surface area contributed by atoms with E-state index in [-0.39, 0.29) is 12.2 Å². The summed E-state index contributed by atoms with van der Waals surface area (Å²) in [6.07, 6.45) is 4.92. The zero-order chi connectivity index (χ0) is 25.3. The summed E-state index contributed by atoms with van der Waals surface area (Å²) in [6.45, 7) is 1.96. The lowest BCUT2D eigenvalue weighted by molar-refractivity contribution is -0.149. The maximum Gasteiger partial charge on any atom is 0.341 e. The van der Waals surface area contributed by atoms with Crippen molar-refractivity contribution in [3.63, 3.8) is 0 Å². The van der Waals surface area contributed by atoms with Gasteiger partial charge in [0.1, 0.15) is 0 Å². The lowest BCUT2D eigenvalue weighted by atomic mass is 9.81. The molecule has 0 spiro atoms. The molecule has 6 nitrogen and oxygen atoms in total. The maximum atomic E-state index is 13.9. The molecule has 0 aliphatic heterocycles. The summed E-state index contributed by atoms with van der Waals surface area (Å²) < 4.78 is 7.36. The smallest absolute Gasteiger partial charge is 0.341 e. The number of esters is 1. The number of aromatic nitrogens is 3. The van der Waals surface area contributed by atoms with Crippen molar-refractivity contribution in [2.24, 2.45) is 0 Å². The van der Waals surface area contributed by atoms with Gasteiger partial charge in [-0.15, -0.1) is 0 Å². The molecule has 0 amide bonds. The molecule has 0 saturated heterocycles. The van der Waals surface area contributed by atoms with Crippen LogP contribution in [0, 0.1) is 0 Å². The minimum Gasteiger partial charge on any atom is -0.464 e. The van der Waals surface area contributed by atoms with Crippen molar-refractivity contribution in [3.05, 3.63) is 123 Å². The Morgan fingerprint density at radius 3 is 2.47 bits per heavy atom. The number of halogens is 2. The van der Waals surface area contributed by atoms with Gasteiger partial charge in [0.25, 0.3) is 0 Å². The molecule has 5 aromatic rings. The molecule has 36 heavy (non-hydrogen) atoms. The number of ether oxygens (including phenoxy) is 1. The number of imidazole rings is 1. The average Bonchev–Trinajstić information content (AvgIpc) is 3.40. The van der Waals surface area contributed by atoms with Crippen LogP contribution in [0.4, 0.5) is 0 Å². The summed E-state index contributed by atoms with van der Waals surface area (Å²) in [6, 6.07) is 21.4. The molecule has 0 aliphatic rings. The highest BCUT2D eigenvalue weighted by Crippen LogP contribution is 2.39. The number of fused-ring (bicyclic) bond motifs is 1. The summed E-state index contributed by atoms with van der Waals surface area (Å²) in [5, 5.41) is 1.84. The first kappa shape index (κ1) is 23.9. The van der Waals surface area contributed by atoms with Crippen LogP contribution < -0.4 is 5.56 Å². The Hall–Kier alpha value is -3.87. The zero-order valence-electron chi connectivity index (χ0n) is 19.2. The second kappa shape index (κ2) is 9.64. The minimum absolute atomic E-state index is 0.192. The van der Waals surface area contributed by atoms with E-state index in [1.54, 1.807) is 72.7 Å². The normalized spacial score (nSPS) is 12.9. The van der Waals surface area contributed by atoms with Gasteiger partial charge in [0.15, 0.2) is 5.54 Å². The number of hydrogen-bond acceptors (Lipinski definition) is 4. The fourth-order valence-corrected chi connectivity index (χ4v) is 4.88. The summed E-state index contributed by atoms with van der Waals surface area (Å²) in [5.74, 6) is -0.474. The molecular formula is C28H21Cl2N3O3. The van der Waals surface area contributed by atoms with Gasteiger partial charge in [0, 0.05) is 39.4 Å². The van der Waals surface area contributed by atoms with Crippen molar-refractivity contribution in [3.8, 4) is 11.1 Å².